The first-order chi connectivity index (χ1) is 14.0. The molecule has 8 heteroatoms. The van der Waals surface area contributed by atoms with Crippen LogP contribution in [0.25, 0.3) is 0 Å². The van der Waals surface area contributed by atoms with Crippen molar-refractivity contribution in [3.8, 4) is 6.07 Å². The fraction of sp³-hybridized carbons (Fsp3) is 0.286. The van der Waals surface area contributed by atoms with E-state index in [0.29, 0.717) is 24.2 Å². The van der Waals surface area contributed by atoms with Gasteiger partial charge in [0.25, 0.3) is 5.91 Å². The van der Waals surface area contributed by atoms with E-state index in [0.717, 1.165) is 12.8 Å². The molecule has 1 aliphatic heterocycles. The first kappa shape index (κ1) is 18.6. The van der Waals surface area contributed by atoms with Crippen LogP contribution in [-0.4, -0.2) is 35.4 Å². The molecule has 2 amide bonds. The van der Waals surface area contributed by atoms with E-state index in [1.165, 1.54) is 23.2 Å². The second-order valence-electron chi connectivity index (χ2n) is 7.02. The molecule has 1 saturated heterocycles. The number of nitrogens with one attached hydrogen (secondary N) is 1. The molecule has 1 aliphatic carbocycles. The minimum absolute atomic E-state index is 0.0247. The van der Waals surface area contributed by atoms with Crippen LogP contribution in [0.5, 0.6) is 0 Å². The molecule has 8 nitrogen and oxygen atoms in total. The molecule has 1 N–H and O–H groups in total. The summed E-state index contributed by atoms with van der Waals surface area (Å²) in [6.07, 6.45) is 2.65. The summed E-state index contributed by atoms with van der Waals surface area (Å²) in [6.45, 7) is 0.418. The van der Waals surface area contributed by atoms with Gasteiger partial charge in [0.1, 0.15) is 5.82 Å². The number of hydrogen-bond donors (Lipinski definition) is 1. The molecular weight excluding hydrogens is 372 g/mol. The molecule has 1 unspecified atom stereocenters. The van der Waals surface area contributed by atoms with Crippen LogP contribution >= 0.6 is 0 Å². The molecule has 29 heavy (non-hydrogen) atoms. The topological polar surface area (TPSA) is 112 Å². The van der Waals surface area contributed by atoms with E-state index in [-0.39, 0.29) is 29.1 Å². The van der Waals surface area contributed by atoms with Crippen LogP contribution < -0.4 is 10.2 Å². The number of ether oxygens (including phenoxy) is 1. The molecular formula is C21H18N4O4. The van der Waals surface area contributed by atoms with Crippen molar-refractivity contribution in [3.63, 3.8) is 0 Å². The highest BCUT2D eigenvalue weighted by molar-refractivity contribution is 6.01. The van der Waals surface area contributed by atoms with Crippen LogP contribution in [0, 0.1) is 17.2 Å². The molecule has 0 radical (unpaired) electrons. The second kappa shape index (κ2) is 7.72. The first-order valence-electron chi connectivity index (χ1n) is 9.34. The van der Waals surface area contributed by atoms with Gasteiger partial charge in [0, 0.05) is 30.8 Å². The Balaban J connectivity index is 1.40. The van der Waals surface area contributed by atoms with Gasteiger partial charge in [-0.25, -0.2) is 9.78 Å². The summed E-state index contributed by atoms with van der Waals surface area (Å²) in [4.78, 5) is 42.6. The number of carbonyl (C=O) groups is 3. The van der Waals surface area contributed by atoms with Crippen molar-refractivity contribution in [2.45, 2.75) is 25.4 Å². The van der Waals surface area contributed by atoms with Gasteiger partial charge in [-0.3, -0.25) is 9.59 Å². The average Bonchev–Trinajstić information content (AvgIpc) is 3.53. The number of nitriles is 1. The Morgan fingerprint density at radius 3 is 2.62 bits per heavy atom. The lowest BCUT2D eigenvalue weighted by Gasteiger charge is -2.17. The Hall–Kier alpha value is -3.73. The maximum atomic E-state index is 12.6. The van der Waals surface area contributed by atoms with E-state index in [9.17, 15) is 14.4 Å². The SMILES string of the molecule is N#Cc1ccc(N2CCC(OC(=O)c3ccnc(NC(=O)C4CC4)c3)C2=O)cc1. The number of benzene rings is 1. The highest BCUT2D eigenvalue weighted by Crippen LogP contribution is 2.30. The zero-order chi connectivity index (χ0) is 20.4. The van der Waals surface area contributed by atoms with Crippen molar-refractivity contribution in [2.75, 3.05) is 16.8 Å². The number of pyridine rings is 1. The Labute approximate surface area is 167 Å². The van der Waals surface area contributed by atoms with Gasteiger partial charge in [-0.05, 0) is 49.2 Å². The van der Waals surface area contributed by atoms with Crippen LogP contribution in [0.1, 0.15) is 35.2 Å². The fourth-order valence-electron chi connectivity index (χ4n) is 3.13. The highest BCUT2D eigenvalue weighted by atomic mass is 16.5. The predicted octanol–water partition coefficient (Wildman–Crippen LogP) is 2.26. The van der Waals surface area contributed by atoms with Crippen molar-refractivity contribution in [2.24, 2.45) is 5.92 Å². The van der Waals surface area contributed by atoms with E-state index in [1.807, 2.05) is 6.07 Å². The molecule has 0 bridgehead atoms. The molecule has 2 aliphatic rings. The normalized spacial score (nSPS) is 18.2. The van der Waals surface area contributed by atoms with E-state index in [1.54, 1.807) is 24.3 Å². The lowest BCUT2D eigenvalue weighted by Crippen LogP contribution is -2.32. The number of carbonyl (C=O) groups excluding carboxylic acids is 3. The number of hydrogen-bond acceptors (Lipinski definition) is 6. The third-order valence-corrected chi connectivity index (χ3v) is 4.91. The van der Waals surface area contributed by atoms with Gasteiger partial charge < -0.3 is 15.0 Å². The standard InChI is InChI=1S/C21H18N4O4/c22-12-13-1-5-16(6-2-13)25-10-8-17(20(25)27)29-21(28)15-7-9-23-18(11-15)24-19(26)14-3-4-14/h1-2,5-7,9,11,14,17H,3-4,8,10H2,(H,23,24,26). The second-order valence-corrected chi connectivity index (χ2v) is 7.02. The number of esters is 1. The lowest BCUT2D eigenvalue weighted by molar-refractivity contribution is -0.124. The van der Waals surface area contributed by atoms with Gasteiger partial charge in [0.2, 0.25) is 5.91 Å². The summed E-state index contributed by atoms with van der Waals surface area (Å²) in [5.41, 5.74) is 1.38. The van der Waals surface area contributed by atoms with Crippen LogP contribution in [0.3, 0.4) is 0 Å². The molecule has 0 spiro atoms. The number of amides is 2. The third-order valence-electron chi connectivity index (χ3n) is 4.91. The summed E-state index contributed by atoms with van der Waals surface area (Å²) in [5.74, 6) is -0.745. The molecule has 1 saturated carbocycles. The van der Waals surface area contributed by atoms with Crippen LogP contribution in [0.2, 0.25) is 0 Å². The minimum Gasteiger partial charge on any atom is -0.449 e. The van der Waals surface area contributed by atoms with Crippen molar-refractivity contribution in [1.29, 1.82) is 5.26 Å². The molecule has 1 aromatic heterocycles. The van der Waals surface area contributed by atoms with Crippen molar-refractivity contribution in [1.82, 2.24) is 4.98 Å². The number of nitrogens with zero attached hydrogens (tertiary/aromatic N) is 3. The molecule has 2 fully saturated rings. The quantitative estimate of drug-likeness (QED) is 0.784. The first-order valence-corrected chi connectivity index (χ1v) is 9.34. The smallest absolute Gasteiger partial charge is 0.339 e. The molecule has 2 aromatic rings. The highest BCUT2D eigenvalue weighted by Gasteiger charge is 2.36. The van der Waals surface area contributed by atoms with Gasteiger partial charge in [0.05, 0.1) is 17.2 Å². The van der Waals surface area contributed by atoms with Crippen molar-refractivity contribution >= 4 is 29.3 Å². The lowest BCUT2D eigenvalue weighted by atomic mass is 10.2. The number of anilines is 2. The van der Waals surface area contributed by atoms with Gasteiger partial charge in [-0.2, -0.15) is 5.26 Å². The molecule has 1 aromatic carbocycles. The van der Waals surface area contributed by atoms with E-state index >= 15 is 0 Å². The van der Waals surface area contributed by atoms with Crippen LogP contribution in [0.4, 0.5) is 11.5 Å². The average molecular weight is 390 g/mol. The fourth-order valence-corrected chi connectivity index (χ4v) is 3.13. The van der Waals surface area contributed by atoms with E-state index < -0.39 is 12.1 Å². The summed E-state index contributed by atoms with van der Waals surface area (Å²) in [7, 11) is 0. The molecule has 2 heterocycles. The van der Waals surface area contributed by atoms with Gasteiger partial charge in [0.15, 0.2) is 6.10 Å². The Morgan fingerprint density at radius 2 is 1.93 bits per heavy atom. The van der Waals surface area contributed by atoms with Crippen LogP contribution in [0.15, 0.2) is 42.6 Å². The van der Waals surface area contributed by atoms with Gasteiger partial charge in [-0.1, -0.05) is 0 Å². The Morgan fingerprint density at radius 1 is 1.17 bits per heavy atom. The number of rotatable bonds is 5. The molecule has 4 rings (SSSR count). The Bertz CT molecular complexity index is 1010. The van der Waals surface area contributed by atoms with Crippen molar-refractivity contribution < 1.29 is 19.1 Å². The zero-order valence-electron chi connectivity index (χ0n) is 15.5. The van der Waals surface area contributed by atoms with Gasteiger partial charge in [-0.15, -0.1) is 0 Å². The molecule has 146 valence electrons. The predicted molar refractivity (Wildman–Crippen MR) is 103 cm³/mol. The largest absolute Gasteiger partial charge is 0.449 e. The Kier molecular flexibility index (Phi) is 4.96. The minimum atomic E-state index is -0.879. The summed E-state index contributed by atoms with van der Waals surface area (Å²) in [6, 6.07) is 11.6. The monoisotopic (exact) mass is 390 g/mol. The van der Waals surface area contributed by atoms with Crippen molar-refractivity contribution in [3.05, 3.63) is 53.7 Å². The summed E-state index contributed by atoms with van der Waals surface area (Å²) in [5, 5.41) is 11.6. The maximum Gasteiger partial charge on any atom is 0.339 e. The summed E-state index contributed by atoms with van der Waals surface area (Å²) < 4.78 is 5.40. The molecule has 1 atom stereocenters. The maximum absolute atomic E-state index is 12.6. The number of aromatic nitrogens is 1. The van der Waals surface area contributed by atoms with Crippen LogP contribution in [-0.2, 0) is 14.3 Å². The van der Waals surface area contributed by atoms with E-state index in [4.69, 9.17) is 10.00 Å². The van der Waals surface area contributed by atoms with Gasteiger partial charge >= 0.3 is 5.97 Å². The summed E-state index contributed by atoms with van der Waals surface area (Å²) >= 11 is 0. The zero-order valence-corrected chi connectivity index (χ0v) is 15.5. The van der Waals surface area contributed by atoms with E-state index in [2.05, 4.69) is 10.3 Å². The third kappa shape index (κ3) is 4.09.